The minimum Gasteiger partial charge on any atom is -0.493 e. The SMILES string of the molecule is C=CCOC(=O)C1=C(C)Nc2nc3ccccc3n2[C@H]1c1ccc(OCC)c(OC)c1. The van der Waals surface area contributed by atoms with Crippen LogP contribution in [0.4, 0.5) is 5.95 Å². The second-order valence-corrected chi connectivity index (χ2v) is 7.09. The van der Waals surface area contributed by atoms with Gasteiger partial charge < -0.3 is 19.5 Å². The molecule has 160 valence electrons. The summed E-state index contributed by atoms with van der Waals surface area (Å²) in [7, 11) is 1.60. The summed E-state index contributed by atoms with van der Waals surface area (Å²) in [5.41, 5.74) is 3.79. The van der Waals surface area contributed by atoms with Crippen molar-refractivity contribution in [2.24, 2.45) is 0 Å². The highest BCUT2D eigenvalue weighted by molar-refractivity contribution is 5.94. The van der Waals surface area contributed by atoms with Crippen molar-refractivity contribution in [3.8, 4) is 11.5 Å². The largest absolute Gasteiger partial charge is 0.493 e. The van der Waals surface area contributed by atoms with Gasteiger partial charge in [-0.25, -0.2) is 9.78 Å². The topological polar surface area (TPSA) is 74.6 Å². The highest BCUT2D eigenvalue weighted by Crippen LogP contribution is 2.41. The molecule has 2 aromatic carbocycles. The zero-order valence-corrected chi connectivity index (χ0v) is 17.8. The van der Waals surface area contributed by atoms with Crippen LogP contribution in [0.25, 0.3) is 11.0 Å². The summed E-state index contributed by atoms with van der Waals surface area (Å²) in [5.74, 6) is 1.50. The first kappa shape index (κ1) is 20.5. The number of carbonyl (C=O) groups excluding carboxylic acids is 1. The van der Waals surface area contributed by atoms with Crippen molar-refractivity contribution in [3.05, 3.63) is 72.0 Å². The van der Waals surface area contributed by atoms with Crippen LogP contribution in [0, 0.1) is 0 Å². The molecule has 0 bridgehead atoms. The number of benzene rings is 2. The predicted octanol–water partition coefficient (Wildman–Crippen LogP) is 4.46. The Morgan fingerprint density at radius 3 is 2.81 bits per heavy atom. The van der Waals surface area contributed by atoms with Crippen LogP contribution in [0.5, 0.6) is 11.5 Å². The van der Waals surface area contributed by atoms with E-state index in [2.05, 4.69) is 11.9 Å². The van der Waals surface area contributed by atoms with Crippen molar-refractivity contribution < 1.29 is 19.0 Å². The summed E-state index contributed by atoms with van der Waals surface area (Å²) in [6.07, 6.45) is 1.55. The molecule has 31 heavy (non-hydrogen) atoms. The molecular weight excluding hydrogens is 394 g/mol. The van der Waals surface area contributed by atoms with Crippen molar-refractivity contribution in [2.45, 2.75) is 19.9 Å². The number of hydrogen-bond donors (Lipinski definition) is 1. The molecule has 0 saturated carbocycles. The lowest BCUT2D eigenvalue weighted by Crippen LogP contribution is -2.29. The molecule has 0 radical (unpaired) electrons. The predicted molar refractivity (Wildman–Crippen MR) is 120 cm³/mol. The lowest BCUT2D eigenvalue weighted by molar-refractivity contribution is -0.138. The Labute approximate surface area is 180 Å². The maximum atomic E-state index is 13.1. The van der Waals surface area contributed by atoms with Gasteiger partial charge in [-0.15, -0.1) is 0 Å². The average Bonchev–Trinajstić information content (AvgIpc) is 3.14. The molecule has 0 aliphatic carbocycles. The van der Waals surface area contributed by atoms with E-state index in [9.17, 15) is 4.79 Å². The second kappa shape index (κ2) is 8.55. The summed E-state index contributed by atoms with van der Waals surface area (Å²) < 4.78 is 18.7. The van der Waals surface area contributed by atoms with Crippen LogP contribution in [0.3, 0.4) is 0 Å². The third-order valence-corrected chi connectivity index (χ3v) is 5.19. The highest BCUT2D eigenvalue weighted by Gasteiger charge is 2.35. The fourth-order valence-electron chi connectivity index (χ4n) is 3.89. The standard InChI is InChI=1S/C24H25N3O4/c1-5-13-31-23(28)21-15(3)25-24-26-17-9-7-8-10-18(17)27(24)22(21)16-11-12-19(30-6-2)20(14-16)29-4/h5,7-12,14,22H,1,6,13H2,2-4H3,(H,25,26)/t22-/m0/s1. The highest BCUT2D eigenvalue weighted by atomic mass is 16.5. The lowest BCUT2D eigenvalue weighted by Gasteiger charge is -2.30. The number of esters is 1. The van der Waals surface area contributed by atoms with Gasteiger partial charge in [0.15, 0.2) is 11.5 Å². The maximum absolute atomic E-state index is 13.1. The number of hydrogen-bond acceptors (Lipinski definition) is 6. The third-order valence-electron chi connectivity index (χ3n) is 5.19. The Balaban J connectivity index is 1.93. The molecule has 1 aromatic heterocycles. The molecule has 1 aliphatic heterocycles. The summed E-state index contributed by atoms with van der Waals surface area (Å²) in [6.45, 7) is 8.07. The number of fused-ring (bicyclic) bond motifs is 3. The Kier molecular flexibility index (Phi) is 5.66. The molecule has 4 rings (SSSR count). The van der Waals surface area contributed by atoms with Crippen LogP contribution in [-0.2, 0) is 9.53 Å². The third kappa shape index (κ3) is 3.63. The van der Waals surface area contributed by atoms with E-state index in [4.69, 9.17) is 19.2 Å². The molecule has 1 atom stereocenters. The number of anilines is 1. The van der Waals surface area contributed by atoms with E-state index in [0.29, 0.717) is 35.3 Å². The van der Waals surface area contributed by atoms with E-state index >= 15 is 0 Å². The number of ether oxygens (including phenoxy) is 3. The van der Waals surface area contributed by atoms with Crippen molar-refractivity contribution in [1.29, 1.82) is 0 Å². The summed E-state index contributed by atoms with van der Waals surface area (Å²) in [5, 5.41) is 3.27. The van der Waals surface area contributed by atoms with E-state index in [1.54, 1.807) is 13.2 Å². The minimum absolute atomic E-state index is 0.131. The van der Waals surface area contributed by atoms with Crippen molar-refractivity contribution >= 4 is 23.0 Å². The van der Waals surface area contributed by atoms with Gasteiger partial charge in [-0.3, -0.25) is 4.57 Å². The molecule has 0 spiro atoms. The van der Waals surface area contributed by atoms with E-state index in [1.807, 2.05) is 60.9 Å². The number of aromatic nitrogens is 2. The fourth-order valence-corrected chi connectivity index (χ4v) is 3.89. The number of imidazole rings is 1. The molecule has 0 amide bonds. The normalized spacial score (nSPS) is 15.3. The van der Waals surface area contributed by atoms with E-state index in [0.717, 1.165) is 16.6 Å². The molecular formula is C24H25N3O4. The molecule has 0 saturated heterocycles. The van der Waals surface area contributed by atoms with Crippen LogP contribution in [0.15, 0.2) is 66.4 Å². The number of para-hydroxylation sites is 2. The van der Waals surface area contributed by atoms with Gasteiger partial charge in [-0.1, -0.05) is 30.9 Å². The molecule has 7 nitrogen and oxygen atoms in total. The number of methoxy groups -OCH3 is 1. The summed E-state index contributed by atoms with van der Waals surface area (Å²) >= 11 is 0. The van der Waals surface area contributed by atoms with Crippen LogP contribution in [0.1, 0.15) is 25.5 Å². The second-order valence-electron chi connectivity index (χ2n) is 7.09. The number of nitrogens with zero attached hydrogens (tertiary/aromatic N) is 2. The minimum atomic E-state index is -0.453. The summed E-state index contributed by atoms with van der Waals surface area (Å²) in [4.78, 5) is 17.8. The van der Waals surface area contributed by atoms with Gasteiger partial charge in [0, 0.05) is 5.70 Å². The monoisotopic (exact) mass is 419 g/mol. The first-order valence-corrected chi connectivity index (χ1v) is 10.1. The number of nitrogens with one attached hydrogen (secondary N) is 1. The molecule has 0 unspecified atom stereocenters. The van der Waals surface area contributed by atoms with Gasteiger partial charge in [0.25, 0.3) is 0 Å². The number of rotatable bonds is 7. The summed E-state index contributed by atoms with van der Waals surface area (Å²) in [6, 6.07) is 13.1. The molecule has 7 heteroatoms. The quantitative estimate of drug-likeness (QED) is 0.450. The zero-order chi connectivity index (χ0) is 22.0. The van der Waals surface area contributed by atoms with Gasteiger partial charge in [0.1, 0.15) is 6.61 Å². The fraction of sp³-hybridized carbons (Fsp3) is 0.250. The van der Waals surface area contributed by atoms with Crippen molar-refractivity contribution in [2.75, 3.05) is 25.6 Å². The van der Waals surface area contributed by atoms with Crippen LogP contribution in [0.2, 0.25) is 0 Å². The van der Waals surface area contributed by atoms with Crippen molar-refractivity contribution in [3.63, 3.8) is 0 Å². The molecule has 2 heterocycles. The molecule has 3 aromatic rings. The van der Waals surface area contributed by atoms with E-state index < -0.39 is 12.0 Å². The molecule has 1 N–H and O–H groups in total. The van der Waals surface area contributed by atoms with Gasteiger partial charge in [-0.2, -0.15) is 0 Å². The first-order chi connectivity index (χ1) is 15.1. The average molecular weight is 419 g/mol. The lowest BCUT2D eigenvalue weighted by atomic mass is 9.94. The Hall–Kier alpha value is -3.74. The Morgan fingerprint density at radius 1 is 1.26 bits per heavy atom. The number of carbonyl (C=O) groups is 1. The van der Waals surface area contributed by atoms with Crippen LogP contribution < -0.4 is 14.8 Å². The smallest absolute Gasteiger partial charge is 0.338 e. The van der Waals surface area contributed by atoms with Gasteiger partial charge in [0.2, 0.25) is 5.95 Å². The first-order valence-electron chi connectivity index (χ1n) is 10.1. The number of allylic oxidation sites excluding steroid dienone is 1. The van der Waals surface area contributed by atoms with Gasteiger partial charge >= 0.3 is 5.97 Å². The van der Waals surface area contributed by atoms with Gasteiger partial charge in [-0.05, 0) is 43.7 Å². The van der Waals surface area contributed by atoms with Crippen molar-refractivity contribution in [1.82, 2.24) is 9.55 Å². The van der Waals surface area contributed by atoms with Gasteiger partial charge in [0.05, 0.1) is 36.4 Å². The zero-order valence-electron chi connectivity index (χ0n) is 17.8. The Morgan fingerprint density at radius 2 is 2.06 bits per heavy atom. The Bertz CT molecular complexity index is 1180. The van der Waals surface area contributed by atoms with E-state index in [1.165, 1.54) is 0 Å². The van der Waals surface area contributed by atoms with E-state index in [-0.39, 0.29) is 6.61 Å². The molecule has 1 aliphatic rings. The van der Waals surface area contributed by atoms with Crippen LogP contribution in [-0.4, -0.2) is 35.8 Å². The molecule has 0 fully saturated rings. The van der Waals surface area contributed by atoms with Crippen LogP contribution >= 0.6 is 0 Å². The maximum Gasteiger partial charge on any atom is 0.338 e.